The van der Waals surface area contributed by atoms with Gasteiger partial charge in [0.15, 0.2) is 0 Å². The van der Waals surface area contributed by atoms with E-state index >= 15 is 0 Å². The number of hydrogen-bond donors (Lipinski definition) is 1. The maximum Gasteiger partial charge on any atom is 0.317 e. The number of carbonyl (C=O) groups excluding carboxylic acids is 1. The Kier molecular flexibility index (Phi) is 6.47. The number of aryl methyl sites for hydroxylation is 1. The number of halogens is 1. The summed E-state index contributed by atoms with van der Waals surface area (Å²) in [4.78, 5) is 13.7. The molecule has 2 amide bonds. The molecule has 1 aliphatic rings. The van der Waals surface area contributed by atoms with Crippen LogP contribution in [0.15, 0.2) is 30.3 Å². The van der Waals surface area contributed by atoms with Crippen LogP contribution in [0.4, 0.5) is 9.18 Å². The predicted molar refractivity (Wildman–Crippen MR) is 80.1 cm³/mol. The van der Waals surface area contributed by atoms with Gasteiger partial charge in [0.2, 0.25) is 0 Å². The lowest BCUT2D eigenvalue weighted by molar-refractivity contribution is -0.0176. The minimum absolute atomic E-state index is 0.0749. The molecule has 0 aromatic heterocycles. The van der Waals surface area contributed by atoms with E-state index in [4.69, 9.17) is 4.74 Å². The highest BCUT2D eigenvalue weighted by Crippen LogP contribution is 2.12. The maximum absolute atomic E-state index is 12.0. The molecule has 1 saturated heterocycles. The summed E-state index contributed by atoms with van der Waals surface area (Å²) in [6.07, 6.45) is 2.29. The first-order chi connectivity index (χ1) is 10.3. The SMILES string of the molecule is O=C(NCCCF)N1CCOC(CCc2ccccc2)C1. The van der Waals surface area contributed by atoms with Gasteiger partial charge in [0.25, 0.3) is 0 Å². The van der Waals surface area contributed by atoms with Crippen LogP contribution in [0.3, 0.4) is 0 Å². The molecule has 0 saturated carbocycles. The molecule has 1 N–H and O–H groups in total. The molecule has 0 radical (unpaired) electrons. The highest BCUT2D eigenvalue weighted by Gasteiger charge is 2.23. The lowest BCUT2D eigenvalue weighted by atomic mass is 10.1. The van der Waals surface area contributed by atoms with Crippen molar-refractivity contribution in [2.24, 2.45) is 0 Å². The molecular formula is C16H23FN2O2. The summed E-state index contributed by atoms with van der Waals surface area (Å²) < 4.78 is 17.7. The third kappa shape index (κ3) is 5.34. The average Bonchev–Trinajstić information content (AvgIpc) is 2.54. The fourth-order valence-electron chi connectivity index (χ4n) is 2.42. The zero-order chi connectivity index (χ0) is 14.9. The second-order valence-electron chi connectivity index (χ2n) is 5.24. The highest BCUT2D eigenvalue weighted by molar-refractivity contribution is 5.74. The van der Waals surface area contributed by atoms with Gasteiger partial charge in [0.1, 0.15) is 0 Å². The van der Waals surface area contributed by atoms with Crippen LogP contribution in [0.25, 0.3) is 0 Å². The van der Waals surface area contributed by atoms with Gasteiger partial charge in [-0.15, -0.1) is 0 Å². The number of nitrogens with zero attached hydrogens (tertiary/aromatic N) is 1. The number of carbonyl (C=O) groups is 1. The molecule has 2 rings (SSSR count). The summed E-state index contributed by atoms with van der Waals surface area (Å²) in [6.45, 7) is 1.76. The zero-order valence-corrected chi connectivity index (χ0v) is 12.3. The lowest BCUT2D eigenvalue weighted by Gasteiger charge is -2.33. The van der Waals surface area contributed by atoms with Crippen molar-refractivity contribution in [3.63, 3.8) is 0 Å². The van der Waals surface area contributed by atoms with Crippen molar-refractivity contribution >= 4 is 6.03 Å². The monoisotopic (exact) mass is 294 g/mol. The number of alkyl halides is 1. The number of ether oxygens (including phenoxy) is 1. The Morgan fingerprint density at radius 3 is 2.95 bits per heavy atom. The van der Waals surface area contributed by atoms with Gasteiger partial charge in [0.05, 0.1) is 19.4 Å². The molecule has 1 fully saturated rings. The molecular weight excluding hydrogens is 271 g/mol. The smallest absolute Gasteiger partial charge is 0.317 e. The molecule has 5 heteroatoms. The third-order valence-corrected chi connectivity index (χ3v) is 3.61. The molecule has 1 aliphatic heterocycles. The Hall–Kier alpha value is -1.62. The number of nitrogens with one attached hydrogen (secondary N) is 1. The fraction of sp³-hybridized carbons (Fsp3) is 0.562. The lowest BCUT2D eigenvalue weighted by Crippen LogP contribution is -2.49. The van der Waals surface area contributed by atoms with Crippen molar-refractivity contribution in [2.75, 3.05) is 32.9 Å². The van der Waals surface area contributed by atoms with Crippen molar-refractivity contribution in [1.29, 1.82) is 0 Å². The van der Waals surface area contributed by atoms with Crippen LogP contribution in [0.5, 0.6) is 0 Å². The normalized spacial score (nSPS) is 18.5. The van der Waals surface area contributed by atoms with E-state index in [0.29, 0.717) is 32.7 Å². The molecule has 0 bridgehead atoms. The van der Waals surface area contributed by atoms with Gasteiger partial charge in [-0.25, -0.2) is 4.79 Å². The molecule has 1 aromatic rings. The van der Waals surface area contributed by atoms with Crippen LogP contribution in [0, 0.1) is 0 Å². The first kappa shape index (κ1) is 15.8. The van der Waals surface area contributed by atoms with Crippen molar-refractivity contribution in [3.8, 4) is 0 Å². The fourth-order valence-corrected chi connectivity index (χ4v) is 2.42. The van der Waals surface area contributed by atoms with E-state index in [1.165, 1.54) is 5.56 Å². The van der Waals surface area contributed by atoms with Gasteiger partial charge in [-0.1, -0.05) is 30.3 Å². The van der Waals surface area contributed by atoms with Crippen molar-refractivity contribution in [1.82, 2.24) is 10.2 Å². The minimum Gasteiger partial charge on any atom is -0.375 e. The third-order valence-electron chi connectivity index (χ3n) is 3.61. The second-order valence-corrected chi connectivity index (χ2v) is 5.24. The summed E-state index contributed by atoms with van der Waals surface area (Å²) in [7, 11) is 0. The topological polar surface area (TPSA) is 41.6 Å². The first-order valence-electron chi connectivity index (χ1n) is 7.54. The number of benzene rings is 1. The van der Waals surface area contributed by atoms with E-state index in [0.717, 1.165) is 12.8 Å². The molecule has 1 heterocycles. The molecule has 0 aliphatic carbocycles. The molecule has 21 heavy (non-hydrogen) atoms. The number of hydrogen-bond acceptors (Lipinski definition) is 2. The molecule has 116 valence electrons. The summed E-state index contributed by atoms with van der Waals surface area (Å²) in [5, 5.41) is 2.74. The van der Waals surface area contributed by atoms with Crippen LogP contribution >= 0.6 is 0 Å². The Bertz CT molecular complexity index is 428. The van der Waals surface area contributed by atoms with E-state index in [1.54, 1.807) is 4.90 Å². The van der Waals surface area contributed by atoms with Crippen molar-refractivity contribution in [3.05, 3.63) is 35.9 Å². The maximum atomic E-state index is 12.0. The molecule has 1 aromatic carbocycles. The quantitative estimate of drug-likeness (QED) is 0.819. The van der Waals surface area contributed by atoms with E-state index in [2.05, 4.69) is 17.4 Å². The van der Waals surface area contributed by atoms with Crippen molar-refractivity contribution in [2.45, 2.75) is 25.4 Å². The summed E-state index contributed by atoms with van der Waals surface area (Å²) >= 11 is 0. The standard InChI is InChI=1S/C16H23FN2O2/c17-9-4-10-18-16(20)19-11-12-21-15(13-19)8-7-14-5-2-1-3-6-14/h1-3,5-6,15H,4,7-13H2,(H,18,20). The summed E-state index contributed by atoms with van der Waals surface area (Å²) in [6, 6.07) is 10.2. The Labute approximate surface area is 125 Å². The summed E-state index contributed by atoms with van der Waals surface area (Å²) in [5.74, 6) is 0. The van der Waals surface area contributed by atoms with Gasteiger partial charge >= 0.3 is 6.03 Å². The van der Waals surface area contributed by atoms with E-state index in [9.17, 15) is 9.18 Å². The van der Waals surface area contributed by atoms with Gasteiger partial charge in [0, 0.05) is 19.6 Å². The van der Waals surface area contributed by atoms with Crippen LogP contribution in [0.2, 0.25) is 0 Å². The zero-order valence-electron chi connectivity index (χ0n) is 12.3. The van der Waals surface area contributed by atoms with Crippen molar-refractivity contribution < 1.29 is 13.9 Å². The molecule has 0 spiro atoms. The van der Waals surface area contributed by atoms with Gasteiger partial charge in [-0.2, -0.15) is 0 Å². The number of morpholine rings is 1. The second kappa shape index (κ2) is 8.62. The van der Waals surface area contributed by atoms with Gasteiger partial charge in [-0.05, 0) is 24.8 Å². The van der Waals surface area contributed by atoms with E-state index in [-0.39, 0.29) is 12.1 Å². The summed E-state index contributed by atoms with van der Waals surface area (Å²) in [5.41, 5.74) is 1.28. The largest absolute Gasteiger partial charge is 0.375 e. The van der Waals surface area contributed by atoms with Gasteiger partial charge in [-0.3, -0.25) is 4.39 Å². The van der Waals surface area contributed by atoms with Gasteiger partial charge < -0.3 is 15.0 Å². The molecule has 1 atom stereocenters. The predicted octanol–water partition coefficient (Wildman–Crippen LogP) is 2.39. The number of amides is 2. The molecule has 4 nitrogen and oxygen atoms in total. The van der Waals surface area contributed by atoms with E-state index < -0.39 is 6.67 Å². The van der Waals surface area contributed by atoms with Crippen LogP contribution in [-0.4, -0.2) is 50.0 Å². The minimum atomic E-state index is -0.400. The first-order valence-corrected chi connectivity index (χ1v) is 7.54. The number of rotatable bonds is 6. The Morgan fingerprint density at radius 2 is 2.19 bits per heavy atom. The van der Waals surface area contributed by atoms with Crippen LogP contribution in [0.1, 0.15) is 18.4 Å². The highest BCUT2D eigenvalue weighted by atomic mass is 19.1. The Balaban J connectivity index is 1.74. The van der Waals surface area contributed by atoms with Crippen LogP contribution < -0.4 is 5.32 Å². The van der Waals surface area contributed by atoms with Crippen LogP contribution in [-0.2, 0) is 11.2 Å². The Morgan fingerprint density at radius 1 is 1.38 bits per heavy atom. The average molecular weight is 294 g/mol. The molecule has 1 unspecified atom stereocenters. The van der Waals surface area contributed by atoms with E-state index in [1.807, 2.05) is 18.2 Å². The number of urea groups is 1.